The van der Waals surface area contributed by atoms with E-state index in [1.54, 1.807) is 23.0 Å². The van der Waals surface area contributed by atoms with Gasteiger partial charge in [0.05, 0.1) is 5.69 Å². The van der Waals surface area contributed by atoms with Crippen molar-refractivity contribution in [2.45, 2.75) is 26.2 Å². The molecule has 0 unspecified atom stereocenters. The van der Waals surface area contributed by atoms with Crippen molar-refractivity contribution in [3.05, 3.63) is 29.7 Å². The van der Waals surface area contributed by atoms with Crippen LogP contribution >= 0.6 is 0 Å². The zero-order chi connectivity index (χ0) is 11.9. The van der Waals surface area contributed by atoms with Crippen LogP contribution in [0, 0.1) is 0 Å². The van der Waals surface area contributed by atoms with Crippen molar-refractivity contribution < 1.29 is 4.79 Å². The Morgan fingerprint density at radius 3 is 2.69 bits per heavy atom. The number of carbonyl (C=O) groups is 1. The Labute approximate surface area is 93.3 Å². The van der Waals surface area contributed by atoms with Gasteiger partial charge in [0.1, 0.15) is 5.56 Å². The summed E-state index contributed by atoms with van der Waals surface area (Å²) in [6, 6.07) is 1.76. The molecule has 16 heavy (non-hydrogen) atoms. The highest BCUT2D eigenvalue weighted by Gasteiger charge is 2.27. The first kappa shape index (κ1) is 10.6. The highest BCUT2D eigenvalue weighted by molar-refractivity contribution is 6.00. The summed E-state index contributed by atoms with van der Waals surface area (Å²) in [5.41, 5.74) is 6.75. The number of amides is 1. The Morgan fingerprint density at radius 1 is 1.44 bits per heavy atom. The van der Waals surface area contributed by atoms with E-state index in [0.717, 1.165) is 0 Å². The summed E-state index contributed by atoms with van der Waals surface area (Å²) < 4.78 is 1.58. The fraction of sp³-hybridized carbons (Fsp3) is 0.364. The number of nitrogens with two attached hydrogens (primary N) is 1. The van der Waals surface area contributed by atoms with Crippen molar-refractivity contribution >= 4 is 11.6 Å². The van der Waals surface area contributed by atoms with Crippen LogP contribution in [-0.4, -0.2) is 20.5 Å². The van der Waals surface area contributed by atoms with Gasteiger partial charge in [-0.3, -0.25) is 4.79 Å². The molecule has 5 heteroatoms. The molecule has 2 aromatic rings. The molecule has 5 nitrogen and oxygen atoms in total. The maximum atomic E-state index is 11.5. The van der Waals surface area contributed by atoms with E-state index in [0.29, 0.717) is 16.9 Å². The van der Waals surface area contributed by atoms with E-state index in [2.05, 4.69) is 10.1 Å². The molecule has 0 aliphatic heterocycles. The lowest BCUT2D eigenvalue weighted by molar-refractivity contribution is 0.0999. The van der Waals surface area contributed by atoms with Crippen molar-refractivity contribution in [3.8, 4) is 0 Å². The molecule has 2 rings (SSSR count). The standard InChI is InChI=1S/C11H14N4O/c1-11(2,3)8-7(9(12)16)10-13-5-4-6-15(10)14-8/h4-6H,1-3H3,(H2,12,16). The predicted octanol–water partition coefficient (Wildman–Crippen LogP) is 1.13. The summed E-state index contributed by atoms with van der Waals surface area (Å²) in [6.45, 7) is 5.96. The monoisotopic (exact) mass is 218 g/mol. The van der Waals surface area contributed by atoms with Crippen LogP contribution in [0.15, 0.2) is 18.5 Å². The van der Waals surface area contributed by atoms with E-state index in [4.69, 9.17) is 5.73 Å². The van der Waals surface area contributed by atoms with Gasteiger partial charge in [-0.05, 0) is 6.07 Å². The lowest BCUT2D eigenvalue weighted by Gasteiger charge is -2.15. The van der Waals surface area contributed by atoms with Crippen molar-refractivity contribution in [2.75, 3.05) is 0 Å². The molecular formula is C11H14N4O. The lowest BCUT2D eigenvalue weighted by atomic mass is 9.89. The van der Waals surface area contributed by atoms with Gasteiger partial charge >= 0.3 is 0 Å². The zero-order valence-corrected chi connectivity index (χ0v) is 9.56. The average Bonchev–Trinajstić information content (AvgIpc) is 2.55. The van der Waals surface area contributed by atoms with Crippen LogP contribution in [0.1, 0.15) is 36.8 Å². The summed E-state index contributed by atoms with van der Waals surface area (Å²) >= 11 is 0. The Balaban J connectivity index is 2.84. The number of hydrogen-bond acceptors (Lipinski definition) is 3. The molecule has 2 heterocycles. The highest BCUT2D eigenvalue weighted by atomic mass is 16.1. The van der Waals surface area contributed by atoms with E-state index < -0.39 is 5.91 Å². The third-order valence-corrected chi connectivity index (χ3v) is 2.35. The minimum absolute atomic E-state index is 0.238. The topological polar surface area (TPSA) is 73.3 Å². The normalized spacial score (nSPS) is 11.9. The zero-order valence-electron chi connectivity index (χ0n) is 9.56. The van der Waals surface area contributed by atoms with E-state index in [1.807, 2.05) is 20.8 Å². The number of hydrogen-bond donors (Lipinski definition) is 1. The Kier molecular flexibility index (Phi) is 2.18. The van der Waals surface area contributed by atoms with Crippen LogP contribution in [0.4, 0.5) is 0 Å². The van der Waals surface area contributed by atoms with Crippen LogP contribution in [0.25, 0.3) is 5.65 Å². The average molecular weight is 218 g/mol. The first-order valence-electron chi connectivity index (χ1n) is 5.05. The van der Waals surface area contributed by atoms with Crippen molar-refractivity contribution in [1.82, 2.24) is 14.6 Å². The molecule has 2 aromatic heterocycles. The molecule has 0 aliphatic rings. The minimum Gasteiger partial charge on any atom is -0.365 e. The van der Waals surface area contributed by atoms with Crippen LogP contribution in [0.2, 0.25) is 0 Å². The number of rotatable bonds is 1. The SMILES string of the molecule is CC(C)(C)c1nn2cccnc2c1C(N)=O. The molecule has 0 fully saturated rings. The van der Waals surface area contributed by atoms with Crippen molar-refractivity contribution in [3.63, 3.8) is 0 Å². The fourth-order valence-corrected chi connectivity index (χ4v) is 1.64. The van der Waals surface area contributed by atoms with Crippen LogP contribution < -0.4 is 5.73 Å². The fourth-order valence-electron chi connectivity index (χ4n) is 1.64. The van der Waals surface area contributed by atoms with Gasteiger partial charge in [0.15, 0.2) is 5.65 Å². The molecule has 0 saturated carbocycles. The van der Waals surface area contributed by atoms with E-state index >= 15 is 0 Å². The molecule has 0 aromatic carbocycles. The molecule has 0 bridgehead atoms. The molecule has 0 radical (unpaired) electrons. The quantitative estimate of drug-likeness (QED) is 0.779. The largest absolute Gasteiger partial charge is 0.365 e. The molecule has 0 saturated heterocycles. The summed E-state index contributed by atoms with van der Waals surface area (Å²) in [5.74, 6) is -0.487. The summed E-state index contributed by atoms with van der Waals surface area (Å²) in [5, 5.41) is 4.36. The maximum absolute atomic E-state index is 11.5. The summed E-state index contributed by atoms with van der Waals surface area (Å²) in [4.78, 5) is 15.6. The van der Waals surface area contributed by atoms with Gasteiger partial charge in [0.25, 0.3) is 5.91 Å². The molecule has 2 N–H and O–H groups in total. The first-order valence-corrected chi connectivity index (χ1v) is 5.05. The van der Waals surface area contributed by atoms with Gasteiger partial charge in [-0.15, -0.1) is 0 Å². The second-order valence-electron chi connectivity index (χ2n) is 4.73. The molecule has 1 amide bonds. The number of aromatic nitrogens is 3. The predicted molar refractivity (Wildman–Crippen MR) is 60.2 cm³/mol. The van der Waals surface area contributed by atoms with E-state index in [1.165, 1.54) is 0 Å². The summed E-state index contributed by atoms with van der Waals surface area (Å²) in [6.07, 6.45) is 3.37. The molecular weight excluding hydrogens is 204 g/mol. The van der Waals surface area contributed by atoms with Gasteiger partial charge in [-0.25, -0.2) is 9.50 Å². The third kappa shape index (κ3) is 1.54. The summed E-state index contributed by atoms with van der Waals surface area (Å²) in [7, 11) is 0. The Morgan fingerprint density at radius 2 is 2.12 bits per heavy atom. The Hall–Kier alpha value is -1.91. The molecule has 0 atom stereocenters. The van der Waals surface area contributed by atoms with Crippen LogP contribution in [-0.2, 0) is 5.41 Å². The first-order chi connectivity index (χ1) is 7.41. The maximum Gasteiger partial charge on any atom is 0.254 e. The van der Waals surface area contributed by atoms with Crippen molar-refractivity contribution in [1.29, 1.82) is 0 Å². The van der Waals surface area contributed by atoms with Crippen LogP contribution in [0.5, 0.6) is 0 Å². The third-order valence-electron chi connectivity index (χ3n) is 2.35. The minimum atomic E-state index is -0.487. The van der Waals surface area contributed by atoms with E-state index in [-0.39, 0.29) is 5.41 Å². The molecule has 0 spiro atoms. The second kappa shape index (κ2) is 3.30. The van der Waals surface area contributed by atoms with Gasteiger partial charge < -0.3 is 5.73 Å². The lowest BCUT2D eigenvalue weighted by Crippen LogP contribution is -2.20. The van der Waals surface area contributed by atoms with Gasteiger partial charge in [-0.2, -0.15) is 5.10 Å². The number of carbonyl (C=O) groups excluding carboxylic acids is 1. The number of nitrogens with zero attached hydrogens (tertiary/aromatic N) is 3. The molecule has 0 aliphatic carbocycles. The highest BCUT2D eigenvalue weighted by Crippen LogP contribution is 2.26. The van der Waals surface area contributed by atoms with Gasteiger partial charge in [0, 0.05) is 17.8 Å². The number of fused-ring (bicyclic) bond motifs is 1. The number of primary amides is 1. The van der Waals surface area contributed by atoms with Gasteiger partial charge in [0.2, 0.25) is 0 Å². The second-order valence-corrected chi connectivity index (χ2v) is 4.73. The van der Waals surface area contributed by atoms with E-state index in [9.17, 15) is 4.79 Å². The molecule has 84 valence electrons. The smallest absolute Gasteiger partial charge is 0.254 e. The van der Waals surface area contributed by atoms with Crippen LogP contribution in [0.3, 0.4) is 0 Å². The van der Waals surface area contributed by atoms with Crippen molar-refractivity contribution in [2.24, 2.45) is 5.73 Å². The van der Waals surface area contributed by atoms with Gasteiger partial charge in [-0.1, -0.05) is 20.8 Å². The Bertz CT molecular complexity index is 551.